The molecule has 0 saturated carbocycles. The number of fused-ring (bicyclic) bond motifs is 5. The molecule has 0 N–H and O–H groups in total. The lowest BCUT2D eigenvalue weighted by molar-refractivity contribution is 1.07. The van der Waals surface area contributed by atoms with Gasteiger partial charge in [0.05, 0.1) is 16.9 Å². The van der Waals surface area contributed by atoms with Crippen molar-refractivity contribution in [1.82, 2.24) is 24.9 Å². The summed E-state index contributed by atoms with van der Waals surface area (Å²) in [6.07, 6.45) is 0. The van der Waals surface area contributed by atoms with Crippen LogP contribution in [0.4, 0.5) is 0 Å². The van der Waals surface area contributed by atoms with E-state index in [4.69, 9.17) is 24.9 Å². The molecule has 5 nitrogen and oxygen atoms in total. The third-order valence-electron chi connectivity index (χ3n) is 9.32. The highest BCUT2D eigenvalue weighted by atomic mass is 32.1. The van der Waals surface area contributed by atoms with Crippen molar-refractivity contribution in [3.05, 3.63) is 164 Å². The Labute approximate surface area is 297 Å². The SMILES string of the molecule is c1ccc(-c2nc(-c3ccccc3)nc(-c3cc(-c4cc(-c5ccc6ccccc6n5)nc5sc6ccccc6c45)c4ccccc4c3)n2)cc1. The van der Waals surface area contributed by atoms with Gasteiger partial charge in [0.2, 0.25) is 0 Å². The quantitative estimate of drug-likeness (QED) is 0.182. The Kier molecular flexibility index (Phi) is 6.93. The Morgan fingerprint density at radius 2 is 0.980 bits per heavy atom. The summed E-state index contributed by atoms with van der Waals surface area (Å²) >= 11 is 1.72. The van der Waals surface area contributed by atoms with E-state index in [1.54, 1.807) is 11.3 Å². The molecule has 0 radical (unpaired) electrons. The van der Waals surface area contributed by atoms with Crippen LogP contribution in [0.3, 0.4) is 0 Å². The molecule has 0 aliphatic rings. The minimum Gasteiger partial charge on any atom is -0.246 e. The van der Waals surface area contributed by atoms with Crippen molar-refractivity contribution in [1.29, 1.82) is 0 Å². The molecule has 4 aromatic heterocycles. The zero-order valence-electron chi connectivity index (χ0n) is 27.2. The normalized spacial score (nSPS) is 11.5. The minimum absolute atomic E-state index is 0.617. The van der Waals surface area contributed by atoms with E-state index in [1.165, 1.54) is 10.1 Å². The number of thiophene rings is 1. The molecule has 0 spiro atoms. The van der Waals surface area contributed by atoms with Gasteiger partial charge in [0.25, 0.3) is 0 Å². The Morgan fingerprint density at radius 1 is 0.373 bits per heavy atom. The van der Waals surface area contributed by atoms with Crippen LogP contribution in [-0.2, 0) is 0 Å². The molecule has 51 heavy (non-hydrogen) atoms. The van der Waals surface area contributed by atoms with E-state index >= 15 is 0 Å². The molecule has 0 unspecified atom stereocenters. The summed E-state index contributed by atoms with van der Waals surface area (Å²) in [5.74, 6) is 1.88. The van der Waals surface area contributed by atoms with Crippen LogP contribution in [0.15, 0.2) is 164 Å². The zero-order chi connectivity index (χ0) is 33.7. The predicted molar refractivity (Wildman–Crippen MR) is 210 cm³/mol. The van der Waals surface area contributed by atoms with Gasteiger partial charge in [-0.3, -0.25) is 0 Å². The van der Waals surface area contributed by atoms with Crippen molar-refractivity contribution in [2.75, 3.05) is 0 Å². The van der Waals surface area contributed by atoms with Crippen molar-refractivity contribution >= 4 is 53.3 Å². The van der Waals surface area contributed by atoms with Gasteiger partial charge in [-0.2, -0.15) is 0 Å². The fourth-order valence-electron chi connectivity index (χ4n) is 6.87. The summed E-state index contributed by atoms with van der Waals surface area (Å²) in [6.45, 7) is 0. The van der Waals surface area contributed by atoms with Crippen molar-refractivity contribution in [2.45, 2.75) is 0 Å². The van der Waals surface area contributed by atoms with Crippen LogP contribution in [0.25, 0.3) is 98.7 Å². The van der Waals surface area contributed by atoms with Gasteiger partial charge < -0.3 is 0 Å². The molecule has 0 aliphatic carbocycles. The Hall–Kier alpha value is -6.63. The first-order chi connectivity index (χ1) is 25.2. The van der Waals surface area contributed by atoms with E-state index in [1.807, 2.05) is 72.8 Å². The maximum atomic E-state index is 5.25. The van der Waals surface area contributed by atoms with E-state index in [9.17, 15) is 0 Å². The molecule has 6 heteroatoms. The maximum absolute atomic E-state index is 5.25. The van der Waals surface area contributed by atoms with Gasteiger partial charge in [-0.05, 0) is 58.3 Å². The summed E-state index contributed by atoms with van der Waals surface area (Å²) in [4.78, 5) is 26.4. The first-order valence-corrected chi connectivity index (χ1v) is 17.7. The summed E-state index contributed by atoms with van der Waals surface area (Å²) in [6, 6.07) is 56.4. The highest BCUT2D eigenvalue weighted by Crippen LogP contribution is 2.44. The molecule has 0 bridgehead atoms. The highest BCUT2D eigenvalue weighted by molar-refractivity contribution is 7.25. The monoisotopic (exact) mass is 669 g/mol. The van der Waals surface area contributed by atoms with Crippen molar-refractivity contribution in [3.63, 3.8) is 0 Å². The van der Waals surface area contributed by atoms with Crippen molar-refractivity contribution in [3.8, 4) is 56.7 Å². The molecule has 0 aliphatic heterocycles. The second-order valence-corrected chi connectivity index (χ2v) is 13.5. The van der Waals surface area contributed by atoms with E-state index in [2.05, 4.69) is 91.0 Å². The highest BCUT2D eigenvalue weighted by Gasteiger charge is 2.20. The third-order valence-corrected chi connectivity index (χ3v) is 10.4. The second-order valence-electron chi connectivity index (χ2n) is 12.5. The summed E-state index contributed by atoms with van der Waals surface area (Å²) in [5, 5.41) is 5.66. The number of para-hydroxylation sites is 1. The smallest absolute Gasteiger partial charge is 0.164 e. The topological polar surface area (TPSA) is 64.5 Å². The number of benzene rings is 6. The van der Waals surface area contributed by atoms with Gasteiger partial charge in [-0.15, -0.1) is 11.3 Å². The Balaban J connectivity index is 1.26. The lowest BCUT2D eigenvalue weighted by atomic mass is 9.92. The lowest BCUT2D eigenvalue weighted by Crippen LogP contribution is -2.00. The number of pyridine rings is 2. The van der Waals surface area contributed by atoms with Gasteiger partial charge in [-0.25, -0.2) is 24.9 Å². The lowest BCUT2D eigenvalue weighted by Gasteiger charge is -2.14. The average molecular weight is 670 g/mol. The molecule has 0 fully saturated rings. The van der Waals surface area contributed by atoms with Crippen LogP contribution in [0, 0.1) is 0 Å². The van der Waals surface area contributed by atoms with Crippen molar-refractivity contribution in [2.24, 2.45) is 0 Å². The van der Waals surface area contributed by atoms with Crippen LogP contribution in [0.1, 0.15) is 0 Å². The first kappa shape index (κ1) is 29.3. The molecule has 10 rings (SSSR count). The summed E-state index contributed by atoms with van der Waals surface area (Å²) in [7, 11) is 0. The van der Waals surface area contributed by atoms with Crippen LogP contribution in [-0.4, -0.2) is 24.9 Å². The number of hydrogen-bond acceptors (Lipinski definition) is 6. The fraction of sp³-hybridized carbons (Fsp3) is 0. The van der Waals surface area contributed by atoms with E-state index in [0.717, 1.165) is 71.1 Å². The molecular weight excluding hydrogens is 643 g/mol. The van der Waals surface area contributed by atoms with Gasteiger partial charge in [0.15, 0.2) is 17.5 Å². The van der Waals surface area contributed by atoms with Crippen LogP contribution >= 0.6 is 11.3 Å². The molecule has 238 valence electrons. The van der Waals surface area contributed by atoms with E-state index in [0.29, 0.717) is 17.5 Å². The summed E-state index contributed by atoms with van der Waals surface area (Å²) < 4.78 is 1.20. The van der Waals surface area contributed by atoms with E-state index < -0.39 is 0 Å². The van der Waals surface area contributed by atoms with Crippen LogP contribution in [0.5, 0.6) is 0 Å². The van der Waals surface area contributed by atoms with Gasteiger partial charge in [0.1, 0.15) is 4.83 Å². The standard InChI is InChI=1S/C45H27N5S/c1-3-14-29(15-4-1)42-48-43(30-16-5-2-6-17-30)50-44(49-42)32-25-31-18-7-9-19-33(31)35(26-32)36-27-39(38-24-23-28-13-8-11-21-37(28)46-38)47-45-41(36)34-20-10-12-22-40(34)51-45/h1-27H. The molecule has 6 aromatic carbocycles. The fourth-order valence-corrected chi connectivity index (χ4v) is 7.98. The molecule has 0 atom stereocenters. The van der Waals surface area contributed by atoms with Crippen LogP contribution in [0.2, 0.25) is 0 Å². The molecule has 4 heterocycles. The zero-order valence-corrected chi connectivity index (χ0v) is 28.0. The predicted octanol–water partition coefficient (Wildman–Crippen LogP) is 11.7. The van der Waals surface area contributed by atoms with E-state index in [-0.39, 0.29) is 0 Å². The first-order valence-electron chi connectivity index (χ1n) is 16.8. The average Bonchev–Trinajstić information content (AvgIpc) is 3.59. The number of rotatable bonds is 5. The minimum atomic E-state index is 0.617. The van der Waals surface area contributed by atoms with Gasteiger partial charge in [-0.1, -0.05) is 127 Å². The Morgan fingerprint density at radius 3 is 1.73 bits per heavy atom. The van der Waals surface area contributed by atoms with Crippen molar-refractivity contribution < 1.29 is 0 Å². The van der Waals surface area contributed by atoms with Crippen LogP contribution < -0.4 is 0 Å². The van der Waals surface area contributed by atoms with Gasteiger partial charge >= 0.3 is 0 Å². The molecular formula is C45H27N5S. The number of hydrogen-bond donors (Lipinski definition) is 0. The molecule has 0 amide bonds. The number of aromatic nitrogens is 5. The molecule has 0 saturated heterocycles. The molecule has 10 aromatic rings. The Bertz CT molecular complexity index is 2860. The summed E-state index contributed by atoms with van der Waals surface area (Å²) in [5.41, 5.74) is 7.59. The van der Waals surface area contributed by atoms with Gasteiger partial charge in [0, 0.05) is 37.5 Å². The number of nitrogens with zero attached hydrogens (tertiary/aromatic N) is 5. The maximum Gasteiger partial charge on any atom is 0.164 e. The largest absolute Gasteiger partial charge is 0.246 e. The third kappa shape index (κ3) is 5.21. The second kappa shape index (κ2) is 12.1.